The Balaban J connectivity index is 0.744. The van der Waals surface area contributed by atoms with Gasteiger partial charge in [0.05, 0.1) is 45.7 Å². The molecule has 2 amide bonds. The molecule has 17 heteroatoms. The molecule has 4 aliphatic heterocycles. The standard InChI is InChI=1S/C47H58N10O6S/c1-28(2)43(47(61)57-25-34(58)20-39(57)46(60)50-29(3)31-10-12-32(13-11-31)44-30(4)49-27-64-44)41-22-42(53-63-41)62-35-14-17-54(26-35)15-7-16-55-18-19-56-33(24-55)23-48-45-38(56)21-37(51-52-45)36-8-5-6-9-40(36)59/h5-6,8-13,21-22,27-29,33-35,39,43,58-59H,7,14-20,23-26H2,1-4H3,(H,48,52)(H,50,60)/t29?,33-,34+,35?,39-,43?/m0/s1. The van der Waals surface area contributed by atoms with Gasteiger partial charge in [-0.2, -0.15) is 0 Å². The molecule has 3 unspecified atom stereocenters. The number of thiazole rings is 1. The topological polar surface area (TPSA) is 186 Å². The number of aryl methyl sites for hydroxylation is 1. The van der Waals surface area contributed by atoms with Crippen LogP contribution in [0.4, 0.5) is 11.5 Å². The van der Waals surface area contributed by atoms with Crippen LogP contribution in [0, 0.1) is 12.8 Å². The summed E-state index contributed by atoms with van der Waals surface area (Å²) in [5, 5.41) is 40.7. The van der Waals surface area contributed by atoms with Crippen molar-refractivity contribution in [2.75, 3.05) is 69.1 Å². The van der Waals surface area contributed by atoms with Gasteiger partial charge in [-0.25, -0.2) is 4.98 Å². The summed E-state index contributed by atoms with van der Waals surface area (Å²) in [6, 6.07) is 18.2. The number of aromatic nitrogens is 4. The number of β-amino-alcohol motifs (C(OH)–C–C–N with tert-alkyl or cyclic N) is 1. The van der Waals surface area contributed by atoms with Gasteiger partial charge in [-0.15, -0.1) is 21.5 Å². The van der Waals surface area contributed by atoms with E-state index in [4.69, 9.17) is 9.26 Å². The molecule has 0 spiro atoms. The van der Waals surface area contributed by atoms with Crippen LogP contribution in [0.1, 0.15) is 69.0 Å². The summed E-state index contributed by atoms with van der Waals surface area (Å²) in [4.78, 5) is 42.4. The van der Waals surface area contributed by atoms with Gasteiger partial charge < -0.3 is 39.9 Å². The number of phenolic OH excluding ortho intramolecular Hbond substituents is 1. The van der Waals surface area contributed by atoms with E-state index in [2.05, 4.69) is 45.7 Å². The first-order valence-corrected chi connectivity index (χ1v) is 23.4. The third-order valence-corrected chi connectivity index (χ3v) is 14.2. The van der Waals surface area contributed by atoms with E-state index < -0.39 is 18.1 Å². The van der Waals surface area contributed by atoms with E-state index in [1.807, 2.05) is 75.7 Å². The number of nitrogens with one attached hydrogen (secondary N) is 2. The minimum atomic E-state index is -0.819. The molecule has 6 atom stereocenters. The number of likely N-dealkylation sites (tertiary alicyclic amines) is 2. The Morgan fingerprint density at radius 3 is 2.56 bits per heavy atom. The highest BCUT2D eigenvalue weighted by molar-refractivity contribution is 7.13. The number of benzene rings is 2. The van der Waals surface area contributed by atoms with Gasteiger partial charge in [-0.3, -0.25) is 19.4 Å². The highest BCUT2D eigenvalue weighted by Gasteiger charge is 2.44. The number of aliphatic hydroxyl groups excluding tert-OH is 1. The second kappa shape index (κ2) is 18.8. The Kier molecular flexibility index (Phi) is 12.8. The highest BCUT2D eigenvalue weighted by Crippen LogP contribution is 2.37. The van der Waals surface area contributed by atoms with Crippen LogP contribution in [0.25, 0.3) is 21.7 Å². The van der Waals surface area contributed by atoms with Gasteiger partial charge in [-0.1, -0.05) is 50.2 Å². The van der Waals surface area contributed by atoms with Crippen LogP contribution in [0.5, 0.6) is 11.6 Å². The van der Waals surface area contributed by atoms with Crippen LogP contribution >= 0.6 is 11.3 Å². The molecule has 7 heterocycles. The summed E-state index contributed by atoms with van der Waals surface area (Å²) < 4.78 is 12.1. The molecule has 2 aromatic carbocycles. The third kappa shape index (κ3) is 9.30. The average Bonchev–Trinajstić information content (AvgIpc) is 4.12. The number of nitrogens with zero attached hydrogens (tertiary/aromatic N) is 8. The maximum Gasteiger partial charge on any atom is 0.254 e. The number of fused-ring (bicyclic) bond motifs is 3. The van der Waals surface area contributed by atoms with E-state index in [0.29, 0.717) is 28.9 Å². The molecule has 0 aliphatic carbocycles. The second-order valence-electron chi connectivity index (χ2n) is 18.0. The number of hydrogen-bond acceptors (Lipinski definition) is 15. The number of ether oxygens (including phenoxy) is 1. The Morgan fingerprint density at radius 2 is 1.80 bits per heavy atom. The molecule has 0 saturated carbocycles. The van der Waals surface area contributed by atoms with Crippen molar-refractivity contribution in [2.24, 2.45) is 5.92 Å². The number of carbonyl (C=O) groups excluding carboxylic acids is 2. The van der Waals surface area contributed by atoms with Crippen molar-refractivity contribution in [2.45, 2.75) is 83.2 Å². The fourth-order valence-electron chi connectivity index (χ4n) is 9.75. The van der Waals surface area contributed by atoms with Crippen molar-refractivity contribution >= 4 is 34.7 Å². The smallest absolute Gasteiger partial charge is 0.254 e. The molecule has 0 bridgehead atoms. The molecule has 5 aromatic rings. The van der Waals surface area contributed by atoms with Crippen LogP contribution in [0.2, 0.25) is 0 Å². The molecule has 338 valence electrons. The summed E-state index contributed by atoms with van der Waals surface area (Å²) in [5.41, 5.74) is 7.20. The van der Waals surface area contributed by atoms with E-state index in [1.165, 1.54) is 4.90 Å². The van der Waals surface area contributed by atoms with E-state index >= 15 is 0 Å². The van der Waals surface area contributed by atoms with Gasteiger partial charge in [0, 0.05) is 63.9 Å². The number of aliphatic hydroxyl groups is 1. The first kappa shape index (κ1) is 43.6. The van der Waals surface area contributed by atoms with Gasteiger partial charge >= 0.3 is 0 Å². The fourth-order valence-corrected chi connectivity index (χ4v) is 10.6. The largest absolute Gasteiger partial charge is 0.507 e. The van der Waals surface area contributed by atoms with Crippen LogP contribution < -0.4 is 20.3 Å². The summed E-state index contributed by atoms with van der Waals surface area (Å²) in [7, 11) is 0. The molecule has 9 rings (SSSR count). The highest BCUT2D eigenvalue weighted by atomic mass is 32.1. The lowest BCUT2D eigenvalue weighted by Gasteiger charge is -2.45. The minimum Gasteiger partial charge on any atom is -0.507 e. The van der Waals surface area contributed by atoms with Gasteiger partial charge in [0.2, 0.25) is 11.8 Å². The van der Waals surface area contributed by atoms with Crippen molar-refractivity contribution in [3.63, 3.8) is 0 Å². The third-order valence-electron chi connectivity index (χ3n) is 13.2. The normalized spacial score (nSPS) is 22.2. The maximum absolute atomic E-state index is 14.3. The average molecular weight is 891 g/mol. The van der Waals surface area contributed by atoms with E-state index in [9.17, 15) is 19.8 Å². The summed E-state index contributed by atoms with van der Waals surface area (Å²) in [6.45, 7) is 15.1. The molecule has 64 heavy (non-hydrogen) atoms. The van der Waals surface area contributed by atoms with Crippen LogP contribution in [0.15, 0.2) is 70.7 Å². The number of hydrogen-bond donors (Lipinski definition) is 4. The SMILES string of the molecule is Cc1ncsc1-c1ccc(C(C)NC(=O)[C@@H]2C[C@@H](O)CN2C(=O)C(c2cc(OC3CCN(CCCN4CCN5c6cc(-c7ccccc7O)nnc6NC[C@H]5C4)C3)no2)C(C)C)cc1. The molecule has 3 fully saturated rings. The quantitative estimate of drug-likeness (QED) is 0.113. The predicted molar refractivity (Wildman–Crippen MR) is 244 cm³/mol. The predicted octanol–water partition coefficient (Wildman–Crippen LogP) is 5.31. The molecule has 16 nitrogen and oxygen atoms in total. The van der Waals surface area contributed by atoms with Crippen LogP contribution in [0.3, 0.4) is 0 Å². The van der Waals surface area contributed by atoms with Gasteiger partial charge in [-0.05, 0) is 80.2 Å². The molecular formula is C47H58N10O6S. The summed E-state index contributed by atoms with van der Waals surface area (Å²) >= 11 is 1.59. The zero-order valence-electron chi connectivity index (χ0n) is 36.9. The molecular weight excluding hydrogens is 833 g/mol. The Hall–Kier alpha value is -5.62. The van der Waals surface area contributed by atoms with Crippen LogP contribution in [-0.2, 0) is 9.59 Å². The first-order chi connectivity index (χ1) is 31.0. The van der Waals surface area contributed by atoms with E-state index in [1.54, 1.807) is 29.5 Å². The number of aromatic hydroxyl groups is 1. The lowest BCUT2D eigenvalue weighted by atomic mass is 9.91. The maximum atomic E-state index is 14.3. The number of rotatable bonds is 14. The number of anilines is 2. The Morgan fingerprint density at radius 1 is 1.00 bits per heavy atom. The Labute approximate surface area is 377 Å². The van der Waals surface area contributed by atoms with Crippen molar-refractivity contribution in [1.29, 1.82) is 0 Å². The summed E-state index contributed by atoms with van der Waals surface area (Å²) in [6.07, 6.45) is 1.20. The molecule has 3 saturated heterocycles. The zero-order valence-corrected chi connectivity index (χ0v) is 37.7. The van der Waals surface area contributed by atoms with Crippen LogP contribution in [-0.4, -0.2) is 140 Å². The van der Waals surface area contributed by atoms with Gasteiger partial charge in [0.25, 0.3) is 5.88 Å². The second-order valence-corrected chi connectivity index (χ2v) is 18.9. The van der Waals surface area contributed by atoms with Crippen molar-refractivity contribution in [3.05, 3.63) is 83.2 Å². The van der Waals surface area contributed by atoms with Crippen molar-refractivity contribution in [1.82, 2.24) is 40.4 Å². The molecule has 4 N–H and O–H groups in total. The van der Waals surface area contributed by atoms with Gasteiger partial charge in [0.1, 0.15) is 23.8 Å². The fraction of sp³-hybridized carbons (Fsp3) is 0.489. The van der Waals surface area contributed by atoms with Gasteiger partial charge in [0.15, 0.2) is 11.6 Å². The number of piperazine rings is 1. The number of amides is 2. The Bertz CT molecular complexity index is 2430. The molecule has 3 aromatic heterocycles. The van der Waals surface area contributed by atoms with Crippen molar-refractivity contribution < 1.29 is 29.1 Å². The summed E-state index contributed by atoms with van der Waals surface area (Å²) in [5.74, 6) is 0.257. The molecule has 4 aliphatic rings. The number of para-hydroxylation sites is 1. The minimum absolute atomic E-state index is 0.0503. The monoisotopic (exact) mass is 890 g/mol. The number of phenols is 1. The molecule has 0 radical (unpaired) electrons. The van der Waals surface area contributed by atoms with Crippen molar-refractivity contribution in [3.8, 4) is 33.3 Å². The lowest BCUT2D eigenvalue weighted by Crippen LogP contribution is -2.58. The van der Waals surface area contributed by atoms with E-state index in [-0.39, 0.29) is 48.6 Å². The first-order valence-electron chi connectivity index (χ1n) is 22.5. The zero-order chi connectivity index (χ0) is 44.5. The number of carbonyl (C=O) groups is 2. The lowest BCUT2D eigenvalue weighted by molar-refractivity contribution is -0.141. The van der Waals surface area contributed by atoms with E-state index in [0.717, 1.165) is 98.4 Å².